The van der Waals surface area contributed by atoms with Gasteiger partial charge in [0.1, 0.15) is 49.8 Å². The normalized spacial score (nSPS) is 15.0. The second-order valence-electron chi connectivity index (χ2n) is 12.0. The Bertz CT molecular complexity index is 1930. The maximum Gasteiger partial charge on any atom is 0.162 e. The van der Waals surface area contributed by atoms with Gasteiger partial charge in [0.05, 0.1) is 6.10 Å². The SMILES string of the molecule is O[C@H]1Cc2c(OCc3ccccc3)cc(OCc3ccccc3)cc2OC1c1ccc(OCc2ccccc2)c(OCc2ccccc2)c1. The molecule has 0 saturated heterocycles. The highest BCUT2D eigenvalue weighted by atomic mass is 16.5. The van der Waals surface area contributed by atoms with E-state index in [2.05, 4.69) is 0 Å². The molecule has 2 atom stereocenters. The van der Waals surface area contributed by atoms with Crippen molar-refractivity contribution in [1.82, 2.24) is 0 Å². The Morgan fingerprint density at radius 1 is 0.490 bits per heavy atom. The Kier molecular flexibility index (Phi) is 10.0. The summed E-state index contributed by atoms with van der Waals surface area (Å²) in [6.07, 6.45) is -1.14. The molecule has 0 saturated carbocycles. The van der Waals surface area contributed by atoms with Gasteiger partial charge in [-0.1, -0.05) is 127 Å². The Morgan fingerprint density at radius 2 is 0.959 bits per heavy atom. The molecule has 1 N–H and O–H groups in total. The zero-order valence-corrected chi connectivity index (χ0v) is 27.1. The van der Waals surface area contributed by atoms with Crippen molar-refractivity contribution in [2.24, 2.45) is 0 Å². The van der Waals surface area contributed by atoms with Gasteiger partial charge in [-0.25, -0.2) is 0 Å². The van der Waals surface area contributed by atoms with E-state index in [1.54, 1.807) is 0 Å². The van der Waals surface area contributed by atoms with Crippen LogP contribution in [-0.4, -0.2) is 11.2 Å². The van der Waals surface area contributed by atoms with Gasteiger partial charge in [-0.15, -0.1) is 0 Å². The first-order valence-corrected chi connectivity index (χ1v) is 16.5. The zero-order valence-electron chi connectivity index (χ0n) is 27.1. The van der Waals surface area contributed by atoms with E-state index >= 15 is 0 Å². The van der Waals surface area contributed by atoms with Crippen LogP contribution in [0.25, 0.3) is 0 Å². The first kappa shape index (κ1) is 31.9. The van der Waals surface area contributed by atoms with Gasteiger partial charge in [0.15, 0.2) is 11.5 Å². The summed E-state index contributed by atoms with van der Waals surface area (Å²) in [5.41, 5.74) is 5.76. The van der Waals surface area contributed by atoms with Crippen molar-refractivity contribution in [2.45, 2.75) is 45.1 Å². The summed E-state index contributed by atoms with van der Waals surface area (Å²) < 4.78 is 31.7. The number of aliphatic hydroxyl groups is 1. The lowest BCUT2D eigenvalue weighted by atomic mass is 9.93. The minimum absolute atomic E-state index is 0.343. The van der Waals surface area contributed by atoms with E-state index in [0.717, 1.165) is 33.4 Å². The molecule has 246 valence electrons. The zero-order chi connectivity index (χ0) is 33.3. The molecule has 0 amide bonds. The quantitative estimate of drug-likeness (QED) is 0.135. The molecule has 6 heteroatoms. The van der Waals surface area contributed by atoms with Crippen LogP contribution in [0, 0.1) is 0 Å². The second kappa shape index (κ2) is 15.5. The molecule has 0 fully saturated rings. The topological polar surface area (TPSA) is 66.4 Å². The van der Waals surface area contributed by atoms with E-state index in [4.69, 9.17) is 23.7 Å². The van der Waals surface area contributed by atoms with Gasteiger partial charge >= 0.3 is 0 Å². The van der Waals surface area contributed by atoms with E-state index in [9.17, 15) is 5.11 Å². The smallest absolute Gasteiger partial charge is 0.162 e. The Hall–Kier alpha value is -5.72. The molecule has 0 radical (unpaired) electrons. The number of fused-ring (bicyclic) bond motifs is 1. The average Bonchev–Trinajstić information content (AvgIpc) is 3.16. The fourth-order valence-corrected chi connectivity index (χ4v) is 5.82. The maximum absolute atomic E-state index is 11.5. The van der Waals surface area contributed by atoms with Crippen LogP contribution >= 0.6 is 0 Å². The number of ether oxygens (including phenoxy) is 5. The second-order valence-corrected chi connectivity index (χ2v) is 12.0. The molecule has 0 aromatic heterocycles. The van der Waals surface area contributed by atoms with Gasteiger partial charge in [-0.2, -0.15) is 0 Å². The maximum atomic E-state index is 11.5. The summed E-state index contributed by atoms with van der Waals surface area (Å²) >= 11 is 0. The molecule has 0 bridgehead atoms. The molecule has 0 aliphatic carbocycles. The first-order valence-electron chi connectivity index (χ1n) is 16.5. The van der Waals surface area contributed by atoms with E-state index in [1.807, 2.05) is 152 Å². The van der Waals surface area contributed by atoms with Gasteiger partial charge in [-0.3, -0.25) is 0 Å². The van der Waals surface area contributed by atoms with Crippen molar-refractivity contribution in [1.29, 1.82) is 0 Å². The average molecular weight is 651 g/mol. The molecule has 1 unspecified atom stereocenters. The van der Waals surface area contributed by atoms with Crippen LogP contribution in [0.15, 0.2) is 152 Å². The van der Waals surface area contributed by atoms with Crippen molar-refractivity contribution in [3.8, 4) is 28.7 Å². The Labute approximate surface area is 287 Å². The molecular weight excluding hydrogens is 612 g/mol. The molecule has 6 aromatic rings. The van der Waals surface area contributed by atoms with Crippen LogP contribution < -0.4 is 23.7 Å². The van der Waals surface area contributed by atoms with Gasteiger partial charge in [-0.05, 0) is 39.9 Å². The van der Waals surface area contributed by atoms with Crippen molar-refractivity contribution < 1.29 is 28.8 Å². The van der Waals surface area contributed by atoms with Crippen LogP contribution in [0.4, 0.5) is 0 Å². The predicted octanol–water partition coefficient (Wildman–Crippen LogP) is 9.04. The highest BCUT2D eigenvalue weighted by Crippen LogP contribution is 2.44. The summed E-state index contributed by atoms with van der Waals surface area (Å²) in [5, 5.41) is 11.5. The summed E-state index contributed by atoms with van der Waals surface area (Å²) in [6.45, 7) is 1.54. The van der Waals surface area contributed by atoms with Crippen LogP contribution in [0.3, 0.4) is 0 Å². The minimum Gasteiger partial charge on any atom is -0.489 e. The Balaban J connectivity index is 1.16. The molecule has 1 aliphatic rings. The summed E-state index contributed by atoms with van der Waals surface area (Å²) in [5.74, 6) is 3.05. The van der Waals surface area contributed by atoms with Crippen LogP contribution in [0.5, 0.6) is 28.7 Å². The summed E-state index contributed by atoms with van der Waals surface area (Å²) in [7, 11) is 0. The van der Waals surface area contributed by atoms with Crippen molar-refractivity contribution >= 4 is 0 Å². The number of rotatable bonds is 13. The van der Waals surface area contributed by atoms with Crippen molar-refractivity contribution in [2.75, 3.05) is 0 Å². The van der Waals surface area contributed by atoms with Gasteiger partial charge in [0.2, 0.25) is 0 Å². The molecule has 6 aromatic carbocycles. The van der Waals surface area contributed by atoms with E-state index < -0.39 is 12.2 Å². The molecule has 49 heavy (non-hydrogen) atoms. The third-order valence-corrected chi connectivity index (χ3v) is 8.41. The van der Waals surface area contributed by atoms with Crippen LogP contribution in [0.1, 0.15) is 39.5 Å². The third kappa shape index (κ3) is 8.23. The van der Waals surface area contributed by atoms with Crippen molar-refractivity contribution in [3.63, 3.8) is 0 Å². The fraction of sp³-hybridized carbons (Fsp3) is 0.163. The largest absolute Gasteiger partial charge is 0.489 e. The molecule has 0 spiro atoms. The lowest BCUT2D eigenvalue weighted by Crippen LogP contribution is -2.30. The standard InChI is InChI=1S/C43H38O6/c44-38-26-37-40(47-29-33-17-9-3-10-18-33)24-36(45-27-31-13-5-1-6-14-31)25-41(37)49-43(38)35-21-22-39(46-28-32-15-7-2-8-16-32)42(23-35)48-30-34-19-11-4-12-20-34/h1-25,38,43-44H,26-30H2/t38-,43?/m0/s1. The van der Waals surface area contributed by atoms with Gasteiger partial charge in [0, 0.05) is 24.1 Å². The molecule has 7 rings (SSSR count). The van der Waals surface area contributed by atoms with Gasteiger partial charge in [0.25, 0.3) is 0 Å². The number of benzene rings is 6. The van der Waals surface area contributed by atoms with Crippen LogP contribution in [0.2, 0.25) is 0 Å². The number of hydrogen-bond acceptors (Lipinski definition) is 6. The highest BCUT2D eigenvalue weighted by molar-refractivity contribution is 5.53. The first-order chi connectivity index (χ1) is 24.2. The van der Waals surface area contributed by atoms with Gasteiger partial charge < -0.3 is 28.8 Å². The number of aliphatic hydroxyl groups excluding tert-OH is 1. The van der Waals surface area contributed by atoms with E-state index in [1.165, 1.54) is 0 Å². The monoisotopic (exact) mass is 650 g/mol. The summed E-state index contributed by atoms with van der Waals surface area (Å²) in [6, 6.07) is 49.5. The highest BCUT2D eigenvalue weighted by Gasteiger charge is 2.33. The minimum atomic E-state index is -0.833. The molecular formula is C43H38O6. The predicted molar refractivity (Wildman–Crippen MR) is 189 cm³/mol. The third-order valence-electron chi connectivity index (χ3n) is 8.41. The number of hydrogen-bond donors (Lipinski definition) is 1. The fourth-order valence-electron chi connectivity index (χ4n) is 5.82. The lowest BCUT2D eigenvalue weighted by Gasteiger charge is -2.32. The summed E-state index contributed by atoms with van der Waals surface area (Å²) in [4.78, 5) is 0. The molecule has 6 nitrogen and oxygen atoms in total. The molecule has 1 aliphatic heterocycles. The lowest BCUT2D eigenvalue weighted by molar-refractivity contribution is 0.0192. The molecule has 1 heterocycles. The van der Waals surface area contributed by atoms with E-state index in [0.29, 0.717) is 61.6 Å². The van der Waals surface area contributed by atoms with Crippen molar-refractivity contribution in [3.05, 3.63) is 185 Å². The van der Waals surface area contributed by atoms with E-state index in [-0.39, 0.29) is 0 Å². The Morgan fingerprint density at radius 3 is 1.49 bits per heavy atom. The van der Waals surface area contributed by atoms with Crippen LogP contribution in [-0.2, 0) is 32.8 Å².